The summed E-state index contributed by atoms with van der Waals surface area (Å²) in [5, 5.41) is 4.41. The van der Waals surface area contributed by atoms with Crippen LogP contribution in [0.3, 0.4) is 0 Å². The van der Waals surface area contributed by atoms with Crippen molar-refractivity contribution < 1.29 is 0 Å². The van der Waals surface area contributed by atoms with Gasteiger partial charge in [0.2, 0.25) is 0 Å². The molecular formula is C10H13ClN2S. The summed E-state index contributed by atoms with van der Waals surface area (Å²) in [6.07, 6.45) is 0. The molecule has 0 aliphatic rings. The lowest BCUT2D eigenvalue weighted by Gasteiger charge is -2.19. The molecule has 1 aromatic rings. The first-order valence-corrected chi connectivity index (χ1v) is 5.10. The van der Waals surface area contributed by atoms with Gasteiger partial charge in [-0.3, -0.25) is 0 Å². The number of hydrogen-bond acceptors (Lipinski definition) is 1. The first kappa shape index (κ1) is 11.3. The average molecular weight is 229 g/mol. The number of thiocarbonyl (C=S) groups is 1. The summed E-state index contributed by atoms with van der Waals surface area (Å²) in [4.78, 5) is 1.94. The highest BCUT2D eigenvalue weighted by atomic mass is 35.5. The number of nitrogens with one attached hydrogen (secondary N) is 1. The van der Waals surface area contributed by atoms with Gasteiger partial charge in [-0.2, -0.15) is 0 Å². The quantitative estimate of drug-likeness (QED) is 0.782. The number of rotatable bonds is 2. The minimum Gasteiger partial charge on any atom is -0.366 e. The normalized spacial score (nSPS) is 9.64. The second kappa shape index (κ2) is 5.17. The van der Waals surface area contributed by atoms with E-state index in [1.165, 1.54) is 0 Å². The van der Waals surface area contributed by atoms with E-state index in [1.807, 2.05) is 43.3 Å². The van der Waals surface area contributed by atoms with Crippen LogP contribution < -0.4 is 5.32 Å². The summed E-state index contributed by atoms with van der Waals surface area (Å²) in [6.45, 7) is 0.722. The second-order valence-corrected chi connectivity index (χ2v) is 3.80. The fourth-order valence-corrected chi connectivity index (χ4v) is 1.40. The highest BCUT2D eigenvalue weighted by molar-refractivity contribution is 7.80. The van der Waals surface area contributed by atoms with Crippen molar-refractivity contribution in [3.05, 3.63) is 34.9 Å². The molecule has 0 atom stereocenters. The molecule has 0 fully saturated rings. The van der Waals surface area contributed by atoms with E-state index in [-0.39, 0.29) is 0 Å². The van der Waals surface area contributed by atoms with Gasteiger partial charge >= 0.3 is 0 Å². The first-order chi connectivity index (χ1) is 6.65. The van der Waals surface area contributed by atoms with Crippen molar-refractivity contribution >= 4 is 28.9 Å². The van der Waals surface area contributed by atoms with Crippen molar-refractivity contribution in [2.45, 2.75) is 6.54 Å². The Hall–Kier alpha value is -0.800. The molecule has 0 amide bonds. The lowest BCUT2D eigenvalue weighted by molar-refractivity contribution is 0.495. The SMILES string of the molecule is CNC(=S)N(C)Cc1ccccc1Cl. The molecule has 76 valence electrons. The van der Waals surface area contributed by atoms with E-state index in [9.17, 15) is 0 Å². The summed E-state index contributed by atoms with van der Waals surface area (Å²) in [5.41, 5.74) is 1.08. The predicted octanol–water partition coefficient (Wildman–Crippen LogP) is 2.28. The van der Waals surface area contributed by atoms with Crippen LogP contribution in [0.5, 0.6) is 0 Å². The molecule has 1 aromatic carbocycles. The van der Waals surface area contributed by atoms with Gasteiger partial charge in [0.05, 0.1) is 0 Å². The molecule has 0 heterocycles. The van der Waals surface area contributed by atoms with Crippen molar-refractivity contribution in [2.75, 3.05) is 14.1 Å². The zero-order chi connectivity index (χ0) is 10.6. The van der Waals surface area contributed by atoms with Crippen LogP contribution in [0.4, 0.5) is 0 Å². The van der Waals surface area contributed by atoms with E-state index in [1.54, 1.807) is 0 Å². The fourth-order valence-electron chi connectivity index (χ4n) is 1.14. The maximum absolute atomic E-state index is 6.03. The number of benzene rings is 1. The standard InChI is InChI=1S/C10H13ClN2S/c1-12-10(14)13(2)7-8-5-3-4-6-9(8)11/h3-6H,7H2,1-2H3,(H,12,14). The smallest absolute Gasteiger partial charge is 0.168 e. The number of hydrogen-bond donors (Lipinski definition) is 1. The highest BCUT2D eigenvalue weighted by Crippen LogP contribution is 2.16. The third-order valence-corrected chi connectivity index (χ3v) is 2.81. The van der Waals surface area contributed by atoms with E-state index in [2.05, 4.69) is 5.32 Å². The fraction of sp³-hybridized carbons (Fsp3) is 0.300. The molecule has 4 heteroatoms. The van der Waals surface area contributed by atoms with Crippen molar-refractivity contribution in [3.8, 4) is 0 Å². The Labute approximate surface area is 94.9 Å². The third-order valence-electron chi connectivity index (χ3n) is 1.93. The van der Waals surface area contributed by atoms with Crippen LogP contribution in [0.15, 0.2) is 24.3 Å². The van der Waals surface area contributed by atoms with Crippen LogP contribution in [0, 0.1) is 0 Å². The van der Waals surface area contributed by atoms with Crippen molar-refractivity contribution in [2.24, 2.45) is 0 Å². The predicted molar refractivity (Wildman–Crippen MR) is 64.6 cm³/mol. The van der Waals surface area contributed by atoms with E-state index < -0.39 is 0 Å². The van der Waals surface area contributed by atoms with Crippen molar-refractivity contribution in [1.82, 2.24) is 10.2 Å². The molecule has 2 nitrogen and oxygen atoms in total. The van der Waals surface area contributed by atoms with Crippen LogP contribution in [0.2, 0.25) is 5.02 Å². The van der Waals surface area contributed by atoms with Crippen LogP contribution in [0.25, 0.3) is 0 Å². The molecule has 0 unspecified atom stereocenters. The summed E-state index contributed by atoms with van der Waals surface area (Å²) >= 11 is 11.1. The molecule has 1 rings (SSSR count). The highest BCUT2D eigenvalue weighted by Gasteiger charge is 2.05. The van der Waals surface area contributed by atoms with Crippen LogP contribution in [-0.2, 0) is 6.54 Å². The van der Waals surface area contributed by atoms with E-state index >= 15 is 0 Å². The summed E-state index contributed by atoms with van der Waals surface area (Å²) < 4.78 is 0. The molecule has 0 radical (unpaired) electrons. The Morgan fingerprint density at radius 2 is 2.14 bits per heavy atom. The van der Waals surface area contributed by atoms with E-state index in [4.69, 9.17) is 23.8 Å². The molecule has 0 saturated carbocycles. The van der Waals surface area contributed by atoms with Gasteiger partial charge in [0.1, 0.15) is 0 Å². The Morgan fingerprint density at radius 3 is 2.71 bits per heavy atom. The Kier molecular flexibility index (Phi) is 4.17. The number of halogens is 1. The Balaban J connectivity index is 2.69. The molecule has 0 saturated heterocycles. The molecule has 14 heavy (non-hydrogen) atoms. The molecule has 0 aromatic heterocycles. The van der Waals surface area contributed by atoms with Gasteiger partial charge in [-0.05, 0) is 23.8 Å². The van der Waals surface area contributed by atoms with E-state index in [0.29, 0.717) is 5.11 Å². The van der Waals surface area contributed by atoms with Gasteiger partial charge in [-0.25, -0.2) is 0 Å². The third kappa shape index (κ3) is 2.86. The molecule has 0 aliphatic heterocycles. The van der Waals surface area contributed by atoms with E-state index in [0.717, 1.165) is 17.1 Å². The Morgan fingerprint density at radius 1 is 1.50 bits per heavy atom. The topological polar surface area (TPSA) is 15.3 Å². The summed E-state index contributed by atoms with van der Waals surface area (Å²) in [5.74, 6) is 0. The number of nitrogens with zero attached hydrogens (tertiary/aromatic N) is 1. The summed E-state index contributed by atoms with van der Waals surface area (Å²) in [7, 11) is 3.74. The maximum atomic E-state index is 6.03. The van der Waals surface area contributed by atoms with Crippen LogP contribution in [-0.4, -0.2) is 24.1 Å². The van der Waals surface area contributed by atoms with Crippen molar-refractivity contribution in [1.29, 1.82) is 0 Å². The lowest BCUT2D eigenvalue weighted by Crippen LogP contribution is -2.34. The molecule has 1 N–H and O–H groups in total. The molecule has 0 bridgehead atoms. The zero-order valence-corrected chi connectivity index (χ0v) is 9.82. The van der Waals surface area contributed by atoms with Crippen LogP contribution in [0.1, 0.15) is 5.56 Å². The van der Waals surface area contributed by atoms with Crippen LogP contribution >= 0.6 is 23.8 Å². The Bertz CT molecular complexity index is 328. The van der Waals surface area contributed by atoms with Gasteiger partial charge in [0.25, 0.3) is 0 Å². The second-order valence-electron chi connectivity index (χ2n) is 3.00. The summed E-state index contributed by atoms with van der Waals surface area (Å²) in [6, 6.07) is 7.77. The van der Waals surface area contributed by atoms with Gasteiger partial charge in [0.15, 0.2) is 5.11 Å². The minimum atomic E-state index is 0.713. The largest absolute Gasteiger partial charge is 0.366 e. The first-order valence-electron chi connectivity index (χ1n) is 4.31. The zero-order valence-electron chi connectivity index (χ0n) is 8.25. The van der Waals surface area contributed by atoms with Gasteiger partial charge < -0.3 is 10.2 Å². The average Bonchev–Trinajstić information content (AvgIpc) is 2.20. The monoisotopic (exact) mass is 228 g/mol. The molecular weight excluding hydrogens is 216 g/mol. The molecule has 0 aliphatic carbocycles. The van der Waals surface area contributed by atoms with Crippen molar-refractivity contribution in [3.63, 3.8) is 0 Å². The van der Waals surface area contributed by atoms with Gasteiger partial charge in [-0.1, -0.05) is 29.8 Å². The maximum Gasteiger partial charge on any atom is 0.168 e. The molecule has 0 spiro atoms. The van der Waals surface area contributed by atoms with Gasteiger partial charge in [0, 0.05) is 25.7 Å². The van der Waals surface area contributed by atoms with Gasteiger partial charge in [-0.15, -0.1) is 0 Å². The lowest BCUT2D eigenvalue weighted by atomic mass is 10.2. The minimum absolute atomic E-state index is 0.713.